The second-order valence-corrected chi connectivity index (χ2v) is 7.41. The summed E-state index contributed by atoms with van der Waals surface area (Å²) in [6.45, 7) is 1.99. The van der Waals surface area contributed by atoms with E-state index in [-0.39, 0.29) is 17.0 Å². The number of hydrogen-bond acceptors (Lipinski definition) is 4. The standard InChI is InChI=1S/C15H15ClN4O3S/c1-2-14-18-19-15(21)13-7-12(9-20(13)14)24(22,23)17-8-10-3-5-11(16)6-4-10/h3-7,9,17H,2,8H2,1H3,(H,19,21). The lowest BCUT2D eigenvalue weighted by Crippen LogP contribution is -2.22. The maximum atomic E-state index is 12.5. The Morgan fingerprint density at radius 1 is 1.29 bits per heavy atom. The van der Waals surface area contributed by atoms with Gasteiger partial charge in [0.1, 0.15) is 16.2 Å². The monoisotopic (exact) mass is 366 g/mol. The molecule has 9 heteroatoms. The summed E-state index contributed by atoms with van der Waals surface area (Å²) in [5, 5.41) is 6.87. The molecular weight excluding hydrogens is 352 g/mol. The van der Waals surface area contributed by atoms with Crippen LogP contribution < -0.4 is 10.3 Å². The second kappa shape index (κ2) is 6.39. The highest BCUT2D eigenvalue weighted by Gasteiger charge is 2.18. The summed E-state index contributed by atoms with van der Waals surface area (Å²) < 4.78 is 28.9. The van der Waals surface area contributed by atoms with E-state index < -0.39 is 15.6 Å². The predicted molar refractivity (Wildman–Crippen MR) is 90.7 cm³/mol. The number of benzene rings is 1. The molecule has 0 radical (unpaired) electrons. The van der Waals surface area contributed by atoms with Crippen molar-refractivity contribution in [2.75, 3.05) is 0 Å². The van der Waals surface area contributed by atoms with Gasteiger partial charge in [0.25, 0.3) is 5.56 Å². The van der Waals surface area contributed by atoms with Gasteiger partial charge < -0.3 is 0 Å². The molecule has 0 aliphatic carbocycles. The van der Waals surface area contributed by atoms with Crippen molar-refractivity contribution in [3.05, 3.63) is 63.3 Å². The van der Waals surface area contributed by atoms with Gasteiger partial charge in [-0.25, -0.2) is 18.2 Å². The molecule has 0 fully saturated rings. The lowest BCUT2D eigenvalue weighted by molar-refractivity contribution is 0.581. The summed E-state index contributed by atoms with van der Waals surface area (Å²) >= 11 is 5.81. The maximum absolute atomic E-state index is 12.5. The molecule has 0 amide bonds. The minimum atomic E-state index is -3.76. The molecule has 1 aromatic carbocycles. The molecule has 24 heavy (non-hydrogen) atoms. The Hall–Kier alpha value is -2.16. The lowest BCUT2D eigenvalue weighted by Gasteiger charge is -2.05. The number of aryl methyl sites for hydroxylation is 1. The van der Waals surface area contributed by atoms with Crippen molar-refractivity contribution in [3.63, 3.8) is 0 Å². The van der Waals surface area contributed by atoms with Crippen molar-refractivity contribution < 1.29 is 8.42 Å². The first-order valence-corrected chi connectivity index (χ1v) is 9.10. The van der Waals surface area contributed by atoms with Crippen molar-refractivity contribution in [2.24, 2.45) is 0 Å². The average Bonchev–Trinajstić information content (AvgIpc) is 3.02. The number of nitrogens with zero attached hydrogens (tertiary/aromatic N) is 2. The Morgan fingerprint density at radius 2 is 2.00 bits per heavy atom. The molecule has 2 heterocycles. The Bertz CT molecular complexity index is 1040. The molecule has 2 N–H and O–H groups in total. The van der Waals surface area contributed by atoms with E-state index in [4.69, 9.17) is 11.6 Å². The Morgan fingerprint density at radius 3 is 2.67 bits per heavy atom. The number of sulfonamides is 1. The summed E-state index contributed by atoms with van der Waals surface area (Å²) in [7, 11) is -3.76. The van der Waals surface area contributed by atoms with Crippen LogP contribution in [0.3, 0.4) is 0 Å². The van der Waals surface area contributed by atoms with Crippen LogP contribution in [0.4, 0.5) is 0 Å². The number of fused-ring (bicyclic) bond motifs is 1. The number of halogens is 1. The average molecular weight is 367 g/mol. The Balaban J connectivity index is 1.92. The first kappa shape index (κ1) is 16.7. The van der Waals surface area contributed by atoms with Crippen molar-refractivity contribution >= 4 is 27.1 Å². The van der Waals surface area contributed by atoms with Crippen LogP contribution in [-0.2, 0) is 23.0 Å². The minimum absolute atomic E-state index is 0.0182. The zero-order chi connectivity index (χ0) is 17.3. The molecule has 126 valence electrons. The molecule has 3 aromatic rings. The number of rotatable bonds is 5. The third-order valence-corrected chi connectivity index (χ3v) is 5.22. The smallest absolute Gasteiger partial charge is 0.288 e. The molecule has 3 rings (SSSR count). The highest BCUT2D eigenvalue weighted by Crippen LogP contribution is 2.15. The van der Waals surface area contributed by atoms with E-state index in [0.29, 0.717) is 17.3 Å². The molecule has 0 atom stereocenters. The maximum Gasteiger partial charge on any atom is 0.288 e. The van der Waals surface area contributed by atoms with E-state index in [0.717, 1.165) is 5.56 Å². The van der Waals surface area contributed by atoms with Crippen LogP contribution in [0.2, 0.25) is 5.02 Å². The molecule has 0 spiro atoms. The van der Waals surface area contributed by atoms with Crippen molar-refractivity contribution in [1.82, 2.24) is 19.3 Å². The highest BCUT2D eigenvalue weighted by atomic mass is 35.5. The van der Waals surface area contributed by atoms with E-state index in [1.165, 1.54) is 16.7 Å². The third kappa shape index (κ3) is 3.21. The van der Waals surface area contributed by atoms with Gasteiger partial charge in [0, 0.05) is 24.2 Å². The summed E-state index contributed by atoms with van der Waals surface area (Å²) in [6.07, 6.45) is 1.96. The molecule has 0 aliphatic heterocycles. The first-order chi connectivity index (χ1) is 11.4. The van der Waals surface area contributed by atoms with Crippen LogP contribution in [0, 0.1) is 0 Å². The fraction of sp³-hybridized carbons (Fsp3) is 0.200. The highest BCUT2D eigenvalue weighted by molar-refractivity contribution is 7.89. The number of aromatic nitrogens is 3. The van der Waals surface area contributed by atoms with Crippen LogP contribution >= 0.6 is 11.6 Å². The molecule has 0 saturated heterocycles. The van der Waals surface area contributed by atoms with Gasteiger partial charge in [0.2, 0.25) is 10.0 Å². The van der Waals surface area contributed by atoms with Gasteiger partial charge >= 0.3 is 0 Å². The quantitative estimate of drug-likeness (QED) is 0.718. The van der Waals surface area contributed by atoms with Crippen molar-refractivity contribution in [3.8, 4) is 0 Å². The summed E-state index contributed by atoms with van der Waals surface area (Å²) in [5.74, 6) is 0.573. The van der Waals surface area contributed by atoms with Gasteiger partial charge in [-0.1, -0.05) is 30.7 Å². The van der Waals surface area contributed by atoms with Crippen LogP contribution in [-0.4, -0.2) is 23.0 Å². The molecular formula is C15H15ClN4O3S. The van der Waals surface area contributed by atoms with E-state index in [1.807, 2.05) is 6.92 Å². The zero-order valence-corrected chi connectivity index (χ0v) is 14.4. The topological polar surface area (TPSA) is 96.3 Å². The van der Waals surface area contributed by atoms with E-state index in [9.17, 15) is 13.2 Å². The van der Waals surface area contributed by atoms with Crippen LogP contribution in [0.1, 0.15) is 18.3 Å². The first-order valence-electron chi connectivity index (χ1n) is 7.24. The molecule has 7 nitrogen and oxygen atoms in total. The Kier molecular flexibility index (Phi) is 4.44. The fourth-order valence-corrected chi connectivity index (χ4v) is 3.47. The van der Waals surface area contributed by atoms with Gasteiger partial charge in [-0.2, -0.15) is 5.10 Å². The largest absolute Gasteiger partial charge is 0.297 e. The molecule has 0 aliphatic rings. The van der Waals surface area contributed by atoms with E-state index >= 15 is 0 Å². The van der Waals surface area contributed by atoms with Crippen LogP contribution in [0.25, 0.3) is 5.52 Å². The minimum Gasteiger partial charge on any atom is -0.297 e. The van der Waals surface area contributed by atoms with E-state index in [2.05, 4.69) is 14.9 Å². The van der Waals surface area contributed by atoms with Crippen molar-refractivity contribution in [2.45, 2.75) is 24.8 Å². The fourth-order valence-electron chi connectivity index (χ4n) is 2.31. The van der Waals surface area contributed by atoms with Crippen LogP contribution in [0.15, 0.2) is 46.2 Å². The molecule has 0 bridgehead atoms. The SMILES string of the molecule is CCc1n[nH]c(=O)c2cc(S(=O)(=O)NCc3ccc(Cl)cc3)cn12. The lowest BCUT2D eigenvalue weighted by atomic mass is 10.2. The second-order valence-electron chi connectivity index (χ2n) is 5.20. The normalized spacial score (nSPS) is 11.9. The number of hydrogen-bond donors (Lipinski definition) is 2. The summed E-state index contributed by atoms with van der Waals surface area (Å²) in [4.78, 5) is 11.8. The summed E-state index contributed by atoms with van der Waals surface area (Å²) in [5.41, 5.74) is 0.584. The van der Waals surface area contributed by atoms with Gasteiger partial charge in [-0.15, -0.1) is 0 Å². The third-order valence-electron chi connectivity index (χ3n) is 3.60. The predicted octanol–water partition coefficient (Wildman–Crippen LogP) is 1.72. The molecule has 2 aromatic heterocycles. The van der Waals surface area contributed by atoms with Gasteiger partial charge in [0.15, 0.2) is 0 Å². The van der Waals surface area contributed by atoms with Gasteiger partial charge in [0.05, 0.1) is 0 Å². The van der Waals surface area contributed by atoms with Crippen LogP contribution in [0.5, 0.6) is 0 Å². The Labute approximate surface area is 143 Å². The number of nitrogens with one attached hydrogen (secondary N) is 2. The van der Waals surface area contributed by atoms with Gasteiger partial charge in [-0.3, -0.25) is 9.20 Å². The molecule has 0 saturated carbocycles. The van der Waals surface area contributed by atoms with E-state index in [1.54, 1.807) is 24.3 Å². The summed E-state index contributed by atoms with van der Waals surface area (Å²) in [6, 6.07) is 8.20. The number of H-pyrrole nitrogens is 1. The molecule has 0 unspecified atom stereocenters. The number of aromatic amines is 1. The zero-order valence-electron chi connectivity index (χ0n) is 12.8. The van der Waals surface area contributed by atoms with Crippen molar-refractivity contribution in [1.29, 1.82) is 0 Å². The van der Waals surface area contributed by atoms with Gasteiger partial charge in [-0.05, 0) is 23.8 Å².